The van der Waals surface area contributed by atoms with Crippen LogP contribution in [-0.4, -0.2) is 44.2 Å². The molecule has 0 aliphatic heterocycles. The van der Waals surface area contributed by atoms with Gasteiger partial charge in [-0.1, -0.05) is 19.6 Å². The third-order valence-corrected chi connectivity index (χ3v) is 7.95. The zero-order valence-corrected chi connectivity index (χ0v) is 26.0. The zero-order valence-electron chi connectivity index (χ0n) is 25.0. The average Bonchev–Trinajstić information content (AvgIpc) is 2.79. The van der Waals surface area contributed by atoms with E-state index in [1.54, 1.807) is 48.5 Å². The summed E-state index contributed by atoms with van der Waals surface area (Å²) in [6, 6.07) is 6.35. The van der Waals surface area contributed by atoms with Gasteiger partial charge in [0.05, 0.1) is 34.1 Å². The molecule has 8 nitrogen and oxygen atoms in total. The molecule has 0 unspecified atom stereocenters. The van der Waals surface area contributed by atoms with Gasteiger partial charge >= 0.3 is 17.9 Å². The summed E-state index contributed by atoms with van der Waals surface area (Å²) in [5, 5.41) is 0. The fourth-order valence-electron chi connectivity index (χ4n) is 3.78. The largest absolute Gasteiger partial charge is 0.462 e. The third kappa shape index (κ3) is 6.75. The number of ketones is 2. The summed E-state index contributed by atoms with van der Waals surface area (Å²) in [6.45, 7) is 18.3. The Labute approximate surface area is 236 Å². The number of benzene rings is 2. The lowest BCUT2D eigenvalue weighted by Gasteiger charge is -2.25. The second-order valence-corrected chi connectivity index (χ2v) is 19.1. The Morgan fingerprint density at radius 1 is 0.725 bits per heavy atom. The number of rotatable bonds is 6. The minimum atomic E-state index is -1.48. The van der Waals surface area contributed by atoms with Crippen molar-refractivity contribution in [2.24, 2.45) is 10.8 Å². The lowest BCUT2D eigenvalue weighted by molar-refractivity contribution is -0.143. The maximum absolute atomic E-state index is 14.0. The lowest BCUT2D eigenvalue weighted by Crippen LogP contribution is -2.30. The standard InChI is InChI=1S/C31H38O8Si/c1-17-13-19-23(21(14-17)38-28(35)30(2,3)4)26(33)24-20(25(19)32)15-18(27(34)37-11-12-40(8,9)10)16-22(24)39-29(36)31(5,6)7/h13-16H,11-12H2,1-10H3. The van der Waals surface area contributed by atoms with Gasteiger partial charge in [-0.2, -0.15) is 0 Å². The Morgan fingerprint density at radius 2 is 1.20 bits per heavy atom. The molecule has 40 heavy (non-hydrogen) atoms. The first-order valence-electron chi connectivity index (χ1n) is 13.2. The number of esters is 3. The maximum atomic E-state index is 14.0. The van der Waals surface area contributed by atoms with Gasteiger partial charge in [-0.05, 0) is 84.3 Å². The molecule has 2 aromatic carbocycles. The molecule has 1 aliphatic rings. The highest BCUT2D eigenvalue weighted by atomic mass is 28.3. The Kier molecular flexibility index (Phi) is 8.33. The molecule has 3 rings (SSSR count). The molecule has 0 aromatic heterocycles. The van der Waals surface area contributed by atoms with Gasteiger partial charge < -0.3 is 14.2 Å². The van der Waals surface area contributed by atoms with Crippen LogP contribution in [0.3, 0.4) is 0 Å². The summed E-state index contributed by atoms with van der Waals surface area (Å²) in [4.78, 5) is 66.4. The van der Waals surface area contributed by atoms with Gasteiger partial charge in [0.15, 0.2) is 5.78 Å². The van der Waals surface area contributed by atoms with E-state index in [1.807, 2.05) is 0 Å². The summed E-state index contributed by atoms with van der Waals surface area (Å²) in [7, 11) is -1.48. The van der Waals surface area contributed by atoms with E-state index >= 15 is 0 Å². The predicted octanol–water partition coefficient (Wildman–Crippen LogP) is 6.17. The van der Waals surface area contributed by atoms with Gasteiger partial charge in [0.2, 0.25) is 5.78 Å². The number of aryl methyl sites for hydroxylation is 1. The summed E-state index contributed by atoms with van der Waals surface area (Å²) in [6.07, 6.45) is 0. The van der Waals surface area contributed by atoms with Crippen LogP contribution in [0.15, 0.2) is 24.3 Å². The van der Waals surface area contributed by atoms with E-state index in [9.17, 15) is 24.0 Å². The molecule has 0 spiro atoms. The average molecular weight is 567 g/mol. The number of carbonyl (C=O) groups excluding carboxylic acids is 5. The van der Waals surface area contributed by atoms with Crippen LogP contribution in [0.5, 0.6) is 11.5 Å². The molecule has 1 aliphatic carbocycles. The van der Waals surface area contributed by atoms with E-state index in [1.165, 1.54) is 24.3 Å². The molecule has 0 amide bonds. The number of carbonyl (C=O) groups is 5. The highest BCUT2D eigenvalue weighted by Crippen LogP contribution is 2.40. The number of fused-ring (bicyclic) bond motifs is 2. The van der Waals surface area contributed by atoms with Gasteiger partial charge in [-0.25, -0.2) is 4.79 Å². The van der Waals surface area contributed by atoms with Crippen LogP contribution in [-0.2, 0) is 14.3 Å². The second kappa shape index (κ2) is 10.8. The molecular formula is C31H38O8Si. The van der Waals surface area contributed by atoms with Gasteiger partial charge in [-0.3, -0.25) is 19.2 Å². The topological polar surface area (TPSA) is 113 Å². The molecule has 0 N–H and O–H groups in total. The summed E-state index contributed by atoms with van der Waals surface area (Å²) in [5.41, 5.74) is -1.55. The minimum Gasteiger partial charge on any atom is -0.462 e. The Bertz CT molecular complexity index is 1410. The molecule has 0 saturated carbocycles. The quantitative estimate of drug-likeness (QED) is 0.198. The summed E-state index contributed by atoms with van der Waals surface area (Å²) in [5.74, 6) is -3.43. The van der Waals surface area contributed by atoms with Crippen molar-refractivity contribution in [3.05, 3.63) is 57.6 Å². The van der Waals surface area contributed by atoms with Crippen LogP contribution in [0.4, 0.5) is 0 Å². The van der Waals surface area contributed by atoms with E-state index in [0.29, 0.717) is 5.56 Å². The number of ether oxygens (including phenoxy) is 3. The summed E-state index contributed by atoms with van der Waals surface area (Å²) >= 11 is 0. The van der Waals surface area contributed by atoms with E-state index in [2.05, 4.69) is 19.6 Å². The first-order valence-corrected chi connectivity index (χ1v) is 16.9. The first-order chi connectivity index (χ1) is 18.2. The van der Waals surface area contributed by atoms with Crippen LogP contribution >= 0.6 is 0 Å². The van der Waals surface area contributed by atoms with E-state index in [-0.39, 0.29) is 45.9 Å². The van der Waals surface area contributed by atoms with Crippen LogP contribution in [0.1, 0.15) is 89.3 Å². The number of hydrogen-bond donors (Lipinski definition) is 0. The van der Waals surface area contributed by atoms with E-state index < -0.39 is 48.4 Å². The fraction of sp³-hybridized carbons (Fsp3) is 0.452. The molecule has 0 fully saturated rings. The highest BCUT2D eigenvalue weighted by Gasteiger charge is 2.39. The number of hydrogen-bond acceptors (Lipinski definition) is 8. The zero-order chi connectivity index (χ0) is 30.4. The normalized spacial score (nSPS) is 13.3. The van der Waals surface area contributed by atoms with Gasteiger partial charge in [-0.15, -0.1) is 0 Å². The molecule has 9 heteroatoms. The smallest absolute Gasteiger partial charge is 0.338 e. The Hall–Kier alpha value is -3.59. The van der Waals surface area contributed by atoms with Crippen LogP contribution < -0.4 is 9.47 Å². The lowest BCUT2D eigenvalue weighted by atomic mass is 9.81. The summed E-state index contributed by atoms with van der Waals surface area (Å²) < 4.78 is 16.7. The van der Waals surface area contributed by atoms with Gasteiger partial charge in [0.25, 0.3) is 0 Å². The molecule has 0 radical (unpaired) electrons. The van der Waals surface area contributed by atoms with Crippen molar-refractivity contribution in [2.45, 2.75) is 74.2 Å². The Morgan fingerprint density at radius 3 is 1.68 bits per heavy atom. The van der Waals surface area contributed by atoms with Crippen molar-refractivity contribution in [1.82, 2.24) is 0 Å². The maximum Gasteiger partial charge on any atom is 0.338 e. The monoisotopic (exact) mass is 566 g/mol. The van der Waals surface area contributed by atoms with Crippen molar-refractivity contribution >= 4 is 37.5 Å². The van der Waals surface area contributed by atoms with Crippen LogP contribution in [0.2, 0.25) is 25.7 Å². The molecular weight excluding hydrogens is 528 g/mol. The molecule has 0 saturated heterocycles. The van der Waals surface area contributed by atoms with Crippen molar-refractivity contribution in [1.29, 1.82) is 0 Å². The molecule has 214 valence electrons. The van der Waals surface area contributed by atoms with Crippen molar-refractivity contribution in [3.8, 4) is 11.5 Å². The molecule has 0 bridgehead atoms. The SMILES string of the molecule is Cc1cc(OC(=O)C(C)(C)C)c2c(c1)C(=O)c1cc(C(=O)OCC[Si](C)(C)C)cc(OC(=O)C(C)(C)C)c1C2=O. The molecule has 0 atom stereocenters. The van der Waals surface area contributed by atoms with Crippen molar-refractivity contribution < 1.29 is 38.2 Å². The van der Waals surface area contributed by atoms with E-state index in [4.69, 9.17) is 14.2 Å². The van der Waals surface area contributed by atoms with Crippen LogP contribution in [0.25, 0.3) is 0 Å². The van der Waals surface area contributed by atoms with E-state index in [0.717, 1.165) is 6.04 Å². The van der Waals surface area contributed by atoms with Crippen molar-refractivity contribution in [2.75, 3.05) is 6.61 Å². The Balaban J connectivity index is 2.18. The van der Waals surface area contributed by atoms with Gasteiger partial charge in [0, 0.05) is 19.2 Å². The molecule has 2 aromatic rings. The van der Waals surface area contributed by atoms with Crippen molar-refractivity contribution in [3.63, 3.8) is 0 Å². The first kappa shape index (κ1) is 30.9. The predicted molar refractivity (Wildman–Crippen MR) is 153 cm³/mol. The highest BCUT2D eigenvalue weighted by molar-refractivity contribution is 6.76. The second-order valence-electron chi connectivity index (χ2n) is 13.5. The molecule has 0 heterocycles. The third-order valence-electron chi connectivity index (χ3n) is 6.24. The fourth-order valence-corrected chi connectivity index (χ4v) is 4.50. The van der Waals surface area contributed by atoms with Crippen LogP contribution in [0, 0.1) is 17.8 Å². The van der Waals surface area contributed by atoms with Gasteiger partial charge in [0.1, 0.15) is 11.5 Å². The minimum absolute atomic E-state index is 0.0114.